The third-order valence-electron chi connectivity index (χ3n) is 4.39. The summed E-state index contributed by atoms with van der Waals surface area (Å²) in [7, 11) is -3.18. The molecular weight excluding hydrogens is 354 g/mol. The van der Waals surface area contributed by atoms with Gasteiger partial charge in [0.1, 0.15) is 5.82 Å². The van der Waals surface area contributed by atoms with E-state index in [9.17, 15) is 13.2 Å². The van der Waals surface area contributed by atoms with Gasteiger partial charge in [-0.15, -0.1) is 0 Å². The predicted molar refractivity (Wildman–Crippen MR) is 99.7 cm³/mol. The Morgan fingerprint density at radius 2 is 2.04 bits per heavy atom. The number of carbonyl (C=O) groups is 1. The van der Waals surface area contributed by atoms with Crippen LogP contribution < -0.4 is 10.6 Å². The summed E-state index contributed by atoms with van der Waals surface area (Å²) in [5.74, 6) is 0.679. The maximum absolute atomic E-state index is 12.2. The van der Waals surface area contributed by atoms with Gasteiger partial charge in [0.25, 0.3) is 0 Å². The van der Waals surface area contributed by atoms with Gasteiger partial charge in [0.15, 0.2) is 0 Å². The van der Waals surface area contributed by atoms with Crippen LogP contribution in [0.5, 0.6) is 0 Å². The van der Waals surface area contributed by atoms with Crippen LogP contribution in [-0.4, -0.2) is 54.4 Å². The fraction of sp³-hybridized carbons (Fsp3) is 0.412. The van der Waals surface area contributed by atoms with Crippen molar-refractivity contribution in [2.75, 3.05) is 31.2 Å². The number of carbonyl (C=O) groups excluding carboxylic acids is 1. The summed E-state index contributed by atoms with van der Waals surface area (Å²) < 4.78 is 26.5. The van der Waals surface area contributed by atoms with Crippen LogP contribution in [-0.2, 0) is 10.0 Å². The number of rotatable bonds is 5. The normalized spacial score (nSPS) is 18.4. The first-order chi connectivity index (χ1) is 12.4. The zero-order valence-corrected chi connectivity index (χ0v) is 15.4. The molecule has 2 N–H and O–H groups in total. The molecule has 1 aromatic heterocycles. The number of nitrogens with one attached hydrogen (secondary N) is 2. The van der Waals surface area contributed by atoms with E-state index in [0.717, 1.165) is 18.5 Å². The van der Waals surface area contributed by atoms with Crippen molar-refractivity contribution < 1.29 is 13.2 Å². The van der Waals surface area contributed by atoms with E-state index in [0.29, 0.717) is 25.5 Å². The monoisotopic (exact) mass is 377 g/mol. The maximum Gasteiger partial charge on any atom is 0.320 e. The highest BCUT2D eigenvalue weighted by molar-refractivity contribution is 7.88. The molecule has 0 spiro atoms. The third-order valence-corrected chi connectivity index (χ3v) is 5.66. The molecule has 8 nitrogen and oxygen atoms in total. The van der Waals surface area contributed by atoms with Crippen LogP contribution in [0.2, 0.25) is 0 Å². The lowest BCUT2D eigenvalue weighted by molar-refractivity contribution is 0.239. The molecule has 1 saturated heterocycles. The fourth-order valence-electron chi connectivity index (χ4n) is 3.07. The van der Waals surface area contributed by atoms with Crippen molar-refractivity contribution in [3.8, 4) is 5.69 Å². The minimum absolute atomic E-state index is 0.114. The van der Waals surface area contributed by atoms with E-state index in [2.05, 4.69) is 15.7 Å². The molecule has 9 heteroatoms. The SMILES string of the molecule is CS(=O)(=O)N1CCC[C@@H](CNC(=O)Nc2ccnn2-c2ccccc2)C1. The van der Waals surface area contributed by atoms with Gasteiger partial charge < -0.3 is 5.32 Å². The van der Waals surface area contributed by atoms with Crippen LogP contribution in [0.1, 0.15) is 12.8 Å². The smallest absolute Gasteiger partial charge is 0.320 e. The fourth-order valence-corrected chi connectivity index (χ4v) is 4.01. The van der Waals surface area contributed by atoms with Crippen molar-refractivity contribution in [3.05, 3.63) is 42.6 Å². The number of benzene rings is 1. The lowest BCUT2D eigenvalue weighted by Gasteiger charge is -2.30. The molecule has 1 aliphatic heterocycles. The molecule has 0 saturated carbocycles. The topological polar surface area (TPSA) is 96.3 Å². The molecule has 2 heterocycles. The molecule has 26 heavy (non-hydrogen) atoms. The van der Waals surface area contributed by atoms with E-state index in [4.69, 9.17) is 0 Å². The van der Waals surface area contributed by atoms with Gasteiger partial charge in [-0.25, -0.2) is 22.2 Å². The highest BCUT2D eigenvalue weighted by Crippen LogP contribution is 2.18. The molecule has 1 aromatic carbocycles. The Bertz CT molecular complexity index is 850. The number of amides is 2. The van der Waals surface area contributed by atoms with Gasteiger partial charge in [0.2, 0.25) is 10.0 Å². The van der Waals surface area contributed by atoms with Crippen LogP contribution in [0.25, 0.3) is 5.69 Å². The average molecular weight is 377 g/mol. The number of hydrogen-bond acceptors (Lipinski definition) is 4. The Morgan fingerprint density at radius 3 is 2.77 bits per heavy atom. The van der Waals surface area contributed by atoms with Gasteiger partial charge in [-0.3, -0.25) is 5.32 Å². The molecule has 2 amide bonds. The van der Waals surface area contributed by atoms with Crippen molar-refractivity contribution in [3.63, 3.8) is 0 Å². The van der Waals surface area contributed by atoms with Crippen LogP contribution in [0.3, 0.4) is 0 Å². The number of aromatic nitrogens is 2. The van der Waals surface area contributed by atoms with Crippen molar-refractivity contribution in [1.29, 1.82) is 0 Å². The Kier molecular flexibility index (Phi) is 5.58. The molecule has 0 unspecified atom stereocenters. The highest BCUT2D eigenvalue weighted by atomic mass is 32.2. The number of hydrogen-bond donors (Lipinski definition) is 2. The maximum atomic E-state index is 12.2. The molecule has 140 valence electrons. The molecule has 1 atom stereocenters. The number of piperidine rings is 1. The van der Waals surface area contributed by atoms with E-state index in [1.807, 2.05) is 30.3 Å². The average Bonchev–Trinajstić information content (AvgIpc) is 3.08. The van der Waals surface area contributed by atoms with Gasteiger partial charge in [0, 0.05) is 25.7 Å². The standard InChI is InChI=1S/C17H23N5O3S/c1-26(24,25)21-11-5-6-14(13-21)12-18-17(23)20-16-9-10-19-22(16)15-7-3-2-4-8-15/h2-4,7-10,14H,5-6,11-13H2,1H3,(H2,18,20,23)/t14-/m0/s1. The number of sulfonamides is 1. The number of anilines is 1. The lowest BCUT2D eigenvalue weighted by Crippen LogP contribution is -2.44. The van der Waals surface area contributed by atoms with E-state index >= 15 is 0 Å². The number of para-hydroxylation sites is 1. The summed E-state index contributed by atoms with van der Waals surface area (Å²) in [6, 6.07) is 10.9. The van der Waals surface area contributed by atoms with E-state index in [1.165, 1.54) is 10.6 Å². The minimum Gasteiger partial charge on any atom is -0.338 e. The Morgan fingerprint density at radius 1 is 1.27 bits per heavy atom. The largest absolute Gasteiger partial charge is 0.338 e. The molecule has 0 radical (unpaired) electrons. The second-order valence-corrected chi connectivity index (χ2v) is 8.41. The molecule has 3 rings (SSSR count). The van der Waals surface area contributed by atoms with E-state index in [1.54, 1.807) is 16.9 Å². The zero-order valence-electron chi connectivity index (χ0n) is 14.6. The number of nitrogens with zero attached hydrogens (tertiary/aromatic N) is 3. The van der Waals surface area contributed by atoms with Gasteiger partial charge in [-0.2, -0.15) is 5.10 Å². The Labute approximate surface area is 153 Å². The van der Waals surface area contributed by atoms with Crippen molar-refractivity contribution >= 4 is 21.9 Å². The second-order valence-electron chi connectivity index (χ2n) is 6.43. The molecule has 1 aliphatic rings. The van der Waals surface area contributed by atoms with Crippen molar-refractivity contribution in [1.82, 2.24) is 19.4 Å². The quantitative estimate of drug-likeness (QED) is 0.828. The van der Waals surface area contributed by atoms with Gasteiger partial charge in [-0.05, 0) is 30.9 Å². The summed E-state index contributed by atoms with van der Waals surface area (Å²) in [4.78, 5) is 12.2. The van der Waals surface area contributed by atoms with Crippen molar-refractivity contribution in [2.24, 2.45) is 5.92 Å². The summed E-state index contributed by atoms with van der Waals surface area (Å²) in [6.07, 6.45) is 4.55. The molecule has 2 aromatic rings. The first-order valence-corrected chi connectivity index (χ1v) is 10.4. The first kappa shape index (κ1) is 18.4. The molecule has 0 bridgehead atoms. The van der Waals surface area contributed by atoms with Gasteiger partial charge >= 0.3 is 6.03 Å². The third kappa shape index (κ3) is 4.61. The van der Waals surface area contributed by atoms with Gasteiger partial charge in [0.05, 0.1) is 18.1 Å². The second kappa shape index (κ2) is 7.88. The van der Waals surface area contributed by atoms with Crippen LogP contribution in [0.4, 0.5) is 10.6 Å². The van der Waals surface area contributed by atoms with E-state index in [-0.39, 0.29) is 11.9 Å². The first-order valence-electron chi connectivity index (χ1n) is 8.53. The lowest BCUT2D eigenvalue weighted by atomic mass is 10.00. The Balaban J connectivity index is 1.55. The minimum atomic E-state index is -3.18. The highest BCUT2D eigenvalue weighted by Gasteiger charge is 2.26. The number of urea groups is 1. The summed E-state index contributed by atoms with van der Waals surface area (Å²) in [5.41, 5.74) is 0.851. The molecular formula is C17H23N5O3S. The van der Waals surface area contributed by atoms with Crippen molar-refractivity contribution in [2.45, 2.75) is 12.8 Å². The Hall–Kier alpha value is -2.39. The molecule has 1 fully saturated rings. The van der Waals surface area contributed by atoms with Crippen LogP contribution in [0, 0.1) is 5.92 Å². The summed E-state index contributed by atoms with van der Waals surface area (Å²) in [6.45, 7) is 1.43. The predicted octanol–water partition coefficient (Wildman–Crippen LogP) is 1.67. The summed E-state index contributed by atoms with van der Waals surface area (Å²) in [5, 5.41) is 9.84. The zero-order chi connectivity index (χ0) is 18.6. The van der Waals surface area contributed by atoms with Crippen LogP contribution >= 0.6 is 0 Å². The summed E-state index contributed by atoms with van der Waals surface area (Å²) >= 11 is 0. The van der Waals surface area contributed by atoms with E-state index < -0.39 is 10.0 Å². The van der Waals surface area contributed by atoms with Crippen LogP contribution in [0.15, 0.2) is 42.6 Å². The van der Waals surface area contributed by atoms with Gasteiger partial charge in [-0.1, -0.05) is 18.2 Å². The molecule has 0 aliphatic carbocycles.